The number of methoxy groups -OCH3 is 1. The molecule has 0 unspecified atom stereocenters. The Morgan fingerprint density at radius 2 is 1.89 bits per heavy atom. The molecule has 1 aliphatic heterocycles. The maximum Gasteiger partial charge on any atom is 0.253 e. The van der Waals surface area contributed by atoms with Gasteiger partial charge in [-0.15, -0.1) is 0 Å². The zero-order chi connectivity index (χ0) is 19.3. The number of aromatic nitrogens is 2. The lowest BCUT2D eigenvalue weighted by molar-refractivity contribution is 0.0710. The summed E-state index contributed by atoms with van der Waals surface area (Å²) in [6, 6.07) is 17.8. The second kappa shape index (κ2) is 8.30. The second-order valence-electron chi connectivity index (χ2n) is 7.20. The first kappa shape index (κ1) is 18.3. The van der Waals surface area contributed by atoms with Crippen molar-refractivity contribution in [1.82, 2.24) is 14.5 Å². The van der Waals surface area contributed by atoms with Gasteiger partial charge in [0, 0.05) is 43.5 Å². The van der Waals surface area contributed by atoms with Gasteiger partial charge in [0.05, 0.1) is 7.11 Å². The summed E-state index contributed by atoms with van der Waals surface area (Å²) in [6.07, 6.45) is 5.80. The predicted molar refractivity (Wildman–Crippen MR) is 109 cm³/mol. The Labute approximate surface area is 165 Å². The normalized spacial score (nSPS) is 14.8. The molecule has 4 rings (SSSR count). The Kier molecular flexibility index (Phi) is 5.42. The number of hydrogen-bond donors (Lipinski definition) is 0. The van der Waals surface area contributed by atoms with Crippen molar-refractivity contribution in [2.45, 2.75) is 25.3 Å². The van der Waals surface area contributed by atoms with Crippen molar-refractivity contribution in [1.29, 1.82) is 0 Å². The molecule has 1 aliphatic rings. The van der Waals surface area contributed by atoms with Crippen molar-refractivity contribution < 1.29 is 9.53 Å². The van der Waals surface area contributed by atoms with Crippen LogP contribution in [0.3, 0.4) is 0 Å². The van der Waals surface area contributed by atoms with Crippen LogP contribution in [0.25, 0.3) is 0 Å². The van der Waals surface area contributed by atoms with Crippen LogP contribution in [0.15, 0.2) is 67.0 Å². The number of likely N-dealkylation sites (tertiary alicyclic amines) is 1. The van der Waals surface area contributed by atoms with E-state index in [4.69, 9.17) is 4.74 Å². The summed E-state index contributed by atoms with van der Waals surface area (Å²) in [5.74, 6) is 2.29. The molecule has 0 atom stereocenters. The average molecular weight is 375 g/mol. The number of carbonyl (C=O) groups is 1. The predicted octanol–water partition coefficient (Wildman–Crippen LogP) is 3.96. The Morgan fingerprint density at radius 3 is 2.64 bits per heavy atom. The molecule has 0 radical (unpaired) electrons. The molecule has 5 nitrogen and oxygen atoms in total. The molecule has 2 aromatic carbocycles. The van der Waals surface area contributed by atoms with Gasteiger partial charge in [0.25, 0.3) is 5.91 Å². The van der Waals surface area contributed by atoms with E-state index in [1.165, 1.54) is 5.56 Å². The van der Waals surface area contributed by atoms with Gasteiger partial charge in [0.2, 0.25) is 0 Å². The average Bonchev–Trinajstić information content (AvgIpc) is 3.22. The van der Waals surface area contributed by atoms with Crippen LogP contribution in [0.4, 0.5) is 0 Å². The number of imidazole rings is 1. The smallest absolute Gasteiger partial charge is 0.253 e. The summed E-state index contributed by atoms with van der Waals surface area (Å²) in [5.41, 5.74) is 1.95. The van der Waals surface area contributed by atoms with Gasteiger partial charge in [0.1, 0.15) is 11.6 Å². The van der Waals surface area contributed by atoms with Gasteiger partial charge in [0.15, 0.2) is 0 Å². The summed E-state index contributed by atoms with van der Waals surface area (Å²) in [6.45, 7) is 2.33. The Morgan fingerprint density at radius 1 is 1.11 bits per heavy atom. The molecule has 0 aliphatic carbocycles. The van der Waals surface area contributed by atoms with Crippen LogP contribution in [-0.4, -0.2) is 40.6 Å². The summed E-state index contributed by atoms with van der Waals surface area (Å²) in [4.78, 5) is 19.4. The van der Waals surface area contributed by atoms with Crippen LogP contribution >= 0.6 is 0 Å². The van der Waals surface area contributed by atoms with Crippen LogP contribution in [0, 0.1) is 0 Å². The number of carbonyl (C=O) groups excluding carboxylic acids is 1. The molecule has 0 saturated carbocycles. The van der Waals surface area contributed by atoms with E-state index in [0.717, 1.165) is 38.3 Å². The molecule has 1 saturated heterocycles. The fourth-order valence-corrected chi connectivity index (χ4v) is 3.87. The largest absolute Gasteiger partial charge is 0.497 e. The minimum atomic E-state index is 0.0741. The maximum atomic E-state index is 12.8. The van der Waals surface area contributed by atoms with E-state index < -0.39 is 0 Å². The molecule has 28 heavy (non-hydrogen) atoms. The third-order valence-electron chi connectivity index (χ3n) is 5.41. The number of rotatable bonds is 5. The van der Waals surface area contributed by atoms with Gasteiger partial charge in [-0.3, -0.25) is 4.79 Å². The molecular formula is C23H25N3O2. The number of benzene rings is 2. The molecular weight excluding hydrogens is 350 g/mol. The molecule has 1 aromatic heterocycles. The zero-order valence-corrected chi connectivity index (χ0v) is 16.1. The third-order valence-corrected chi connectivity index (χ3v) is 5.41. The van der Waals surface area contributed by atoms with Crippen molar-refractivity contribution in [2.75, 3.05) is 20.2 Å². The Bertz CT molecular complexity index is 928. The van der Waals surface area contributed by atoms with Gasteiger partial charge >= 0.3 is 0 Å². The third kappa shape index (κ3) is 3.93. The molecule has 144 valence electrons. The SMILES string of the molecule is COc1cccc(C(=O)N2CCC(c3nccn3Cc3ccccc3)CC2)c1. The van der Waals surface area contributed by atoms with Gasteiger partial charge in [-0.1, -0.05) is 36.4 Å². The highest BCUT2D eigenvalue weighted by Crippen LogP contribution is 2.28. The minimum absolute atomic E-state index is 0.0741. The van der Waals surface area contributed by atoms with Crippen molar-refractivity contribution in [3.63, 3.8) is 0 Å². The van der Waals surface area contributed by atoms with Gasteiger partial charge in [-0.2, -0.15) is 0 Å². The molecule has 1 fully saturated rings. The topological polar surface area (TPSA) is 47.4 Å². The van der Waals surface area contributed by atoms with Crippen molar-refractivity contribution in [2.24, 2.45) is 0 Å². The summed E-state index contributed by atoms with van der Waals surface area (Å²) in [7, 11) is 1.62. The number of amides is 1. The first-order chi connectivity index (χ1) is 13.7. The lowest BCUT2D eigenvalue weighted by Crippen LogP contribution is -2.38. The monoisotopic (exact) mass is 375 g/mol. The van der Waals surface area contributed by atoms with Gasteiger partial charge in [-0.25, -0.2) is 4.98 Å². The van der Waals surface area contributed by atoms with Crippen molar-refractivity contribution in [3.05, 3.63) is 83.9 Å². The molecule has 3 aromatic rings. The lowest BCUT2D eigenvalue weighted by atomic mass is 9.95. The van der Waals surface area contributed by atoms with E-state index in [2.05, 4.69) is 40.0 Å². The highest BCUT2D eigenvalue weighted by Gasteiger charge is 2.27. The number of ether oxygens (including phenoxy) is 1. The van der Waals surface area contributed by atoms with Crippen molar-refractivity contribution >= 4 is 5.91 Å². The number of nitrogens with zero attached hydrogens (tertiary/aromatic N) is 3. The summed E-state index contributed by atoms with van der Waals surface area (Å²) < 4.78 is 7.47. The van der Waals surface area contributed by atoms with Crippen LogP contribution in [0.1, 0.15) is 40.5 Å². The maximum absolute atomic E-state index is 12.8. The molecule has 2 heterocycles. The quantitative estimate of drug-likeness (QED) is 0.678. The fraction of sp³-hybridized carbons (Fsp3) is 0.304. The minimum Gasteiger partial charge on any atom is -0.497 e. The summed E-state index contributed by atoms with van der Waals surface area (Å²) in [5, 5.41) is 0. The Balaban J connectivity index is 1.41. The second-order valence-corrected chi connectivity index (χ2v) is 7.20. The van der Waals surface area contributed by atoms with E-state index in [1.54, 1.807) is 13.2 Å². The molecule has 0 bridgehead atoms. The van der Waals surface area contributed by atoms with Crippen LogP contribution in [0.2, 0.25) is 0 Å². The molecule has 1 amide bonds. The highest BCUT2D eigenvalue weighted by atomic mass is 16.5. The van der Waals surface area contributed by atoms with E-state index in [0.29, 0.717) is 17.2 Å². The molecule has 5 heteroatoms. The lowest BCUT2D eigenvalue weighted by Gasteiger charge is -2.32. The zero-order valence-electron chi connectivity index (χ0n) is 16.1. The van der Waals surface area contributed by atoms with E-state index in [1.807, 2.05) is 35.4 Å². The van der Waals surface area contributed by atoms with Gasteiger partial charge < -0.3 is 14.2 Å². The van der Waals surface area contributed by atoms with E-state index in [9.17, 15) is 4.79 Å². The first-order valence-electron chi connectivity index (χ1n) is 9.73. The Hall–Kier alpha value is -3.08. The van der Waals surface area contributed by atoms with Crippen LogP contribution in [0.5, 0.6) is 5.75 Å². The molecule has 0 N–H and O–H groups in total. The fourth-order valence-electron chi connectivity index (χ4n) is 3.87. The van der Waals surface area contributed by atoms with E-state index >= 15 is 0 Å². The van der Waals surface area contributed by atoms with Crippen molar-refractivity contribution in [3.8, 4) is 5.75 Å². The van der Waals surface area contributed by atoms with E-state index in [-0.39, 0.29) is 5.91 Å². The van der Waals surface area contributed by atoms with Crippen LogP contribution in [-0.2, 0) is 6.54 Å². The standard InChI is InChI=1S/C23H25N3O2/c1-28-21-9-5-8-20(16-21)23(27)25-13-10-19(11-14-25)22-24-12-15-26(22)17-18-6-3-2-4-7-18/h2-9,12,15-16,19H,10-11,13-14,17H2,1H3. The first-order valence-corrected chi connectivity index (χ1v) is 9.73. The number of piperidine rings is 1. The summed E-state index contributed by atoms with van der Waals surface area (Å²) >= 11 is 0. The molecule has 0 spiro atoms. The van der Waals surface area contributed by atoms with Crippen LogP contribution < -0.4 is 4.74 Å². The van der Waals surface area contributed by atoms with Gasteiger partial charge in [-0.05, 0) is 36.6 Å². The highest BCUT2D eigenvalue weighted by molar-refractivity contribution is 5.94. The number of hydrogen-bond acceptors (Lipinski definition) is 3.